The van der Waals surface area contributed by atoms with Gasteiger partial charge in [-0.3, -0.25) is 9.69 Å². The van der Waals surface area contributed by atoms with E-state index in [1.165, 1.54) is 12.8 Å². The molecule has 33 heavy (non-hydrogen) atoms. The Bertz CT molecular complexity index is 970. The van der Waals surface area contributed by atoms with Crippen molar-refractivity contribution < 1.29 is 13.2 Å². The Kier molecular flexibility index (Phi) is 9.47. The highest BCUT2D eigenvalue weighted by molar-refractivity contribution is 7.89. The SMILES string of the molecule is CCCC[C@@H](CC)CNC(=O)c1ccc(CN2CCN(S(=O)(=O)c3ccccc3)CC2)cc1. The molecule has 0 aromatic heterocycles. The van der Waals surface area contributed by atoms with E-state index < -0.39 is 10.0 Å². The number of amides is 1. The van der Waals surface area contributed by atoms with Crippen LogP contribution in [0.5, 0.6) is 0 Å². The first kappa shape index (κ1) is 25.4. The number of hydrogen-bond donors (Lipinski definition) is 1. The van der Waals surface area contributed by atoms with Crippen molar-refractivity contribution in [1.82, 2.24) is 14.5 Å². The number of carbonyl (C=O) groups is 1. The standard InChI is InChI=1S/C26H37N3O3S/c1-3-5-9-22(4-2)20-27-26(30)24-14-12-23(13-15-24)21-28-16-18-29(19-17-28)33(31,32)25-10-7-6-8-11-25/h6-8,10-15,22H,3-5,9,16-21H2,1-2H3,(H,27,30)/t22-/m1/s1. The van der Waals surface area contributed by atoms with Crippen LogP contribution in [0.2, 0.25) is 0 Å². The van der Waals surface area contributed by atoms with Crippen molar-refractivity contribution in [3.63, 3.8) is 0 Å². The van der Waals surface area contributed by atoms with Gasteiger partial charge in [-0.2, -0.15) is 4.31 Å². The van der Waals surface area contributed by atoms with Crippen LogP contribution >= 0.6 is 0 Å². The van der Waals surface area contributed by atoms with Gasteiger partial charge in [-0.05, 0) is 42.2 Å². The third kappa shape index (κ3) is 7.13. The molecule has 1 amide bonds. The number of piperazine rings is 1. The summed E-state index contributed by atoms with van der Waals surface area (Å²) in [5.41, 5.74) is 1.81. The lowest BCUT2D eigenvalue weighted by Gasteiger charge is -2.34. The highest BCUT2D eigenvalue weighted by atomic mass is 32.2. The first-order valence-electron chi connectivity index (χ1n) is 12.1. The number of carbonyl (C=O) groups excluding carboxylic acids is 1. The Morgan fingerprint density at radius 2 is 1.64 bits per heavy atom. The van der Waals surface area contributed by atoms with E-state index in [0.717, 1.165) is 31.5 Å². The Morgan fingerprint density at radius 3 is 2.24 bits per heavy atom. The number of nitrogens with zero attached hydrogens (tertiary/aromatic N) is 2. The molecule has 1 fully saturated rings. The highest BCUT2D eigenvalue weighted by Crippen LogP contribution is 2.18. The molecule has 0 radical (unpaired) electrons. The van der Waals surface area contributed by atoms with E-state index in [-0.39, 0.29) is 5.91 Å². The van der Waals surface area contributed by atoms with Crippen LogP contribution in [0.3, 0.4) is 0 Å². The van der Waals surface area contributed by atoms with Gasteiger partial charge in [0.2, 0.25) is 10.0 Å². The number of benzene rings is 2. The van der Waals surface area contributed by atoms with Gasteiger partial charge in [0, 0.05) is 44.8 Å². The van der Waals surface area contributed by atoms with Crippen molar-refractivity contribution >= 4 is 15.9 Å². The van der Waals surface area contributed by atoms with Crippen LogP contribution in [0.4, 0.5) is 0 Å². The van der Waals surface area contributed by atoms with Gasteiger partial charge in [-0.1, -0.05) is 63.4 Å². The minimum absolute atomic E-state index is 0.0174. The molecule has 2 aromatic rings. The van der Waals surface area contributed by atoms with Gasteiger partial charge < -0.3 is 5.32 Å². The lowest BCUT2D eigenvalue weighted by atomic mass is 9.99. The summed E-state index contributed by atoms with van der Waals surface area (Å²) in [6.07, 6.45) is 4.63. The zero-order chi connectivity index (χ0) is 23.7. The maximum Gasteiger partial charge on any atom is 0.251 e. The second kappa shape index (κ2) is 12.3. The molecule has 1 atom stereocenters. The molecule has 1 aliphatic rings. The Hall–Kier alpha value is -2.22. The summed E-state index contributed by atoms with van der Waals surface area (Å²) >= 11 is 0. The lowest BCUT2D eigenvalue weighted by Crippen LogP contribution is -2.48. The Balaban J connectivity index is 1.47. The Morgan fingerprint density at radius 1 is 0.970 bits per heavy atom. The molecule has 0 aliphatic carbocycles. The maximum atomic E-state index is 12.8. The van der Waals surface area contributed by atoms with Gasteiger partial charge in [-0.15, -0.1) is 0 Å². The number of sulfonamides is 1. The summed E-state index contributed by atoms with van der Waals surface area (Å²) in [5.74, 6) is 0.522. The molecule has 1 saturated heterocycles. The first-order chi connectivity index (χ1) is 15.9. The lowest BCUT2D eigenvalue weighted by molar-refractivity contribution is 0.0945. The highest BCUT2D eigenvalue weighted by Gasteiger charge is 2.28. The molecule has 0 spiro atoms. The van der Waals surface area contributed by atoms with E-state index in [2.05, 4.69) is 24.1 Å². The first-order valence-corrected chi connectivity index (χ1v) is 13.5. The predicted molar refractivity (Wildman–Crippen MR) is 133 cm³/mol. The minimum Gasteiger partial charge on any atom is -0.352 e. The van der Waals surface area contributed by atoms with Crippen molar-refractivity contribution in [3.8, 4) is 0 Å². The van der Waals surface area contributed by atoms with Crippen molar-refractivity contribution in [3.05, 3.63) is 65.7 Å². The van der Waals surface area contributed by atoms with Crippen LogP contribution < -0.4 is 5.32 Å². The monoisotopic (exact) mass is 471 g/mol. The van der Waals surface area contributed by atoms with Crippen LogP contribution in [0, 0.1) is 5.92 Å². The summed E-state index contributed by atoms with van der Waals surface area (Å²) in [6, 6.07) is 16.4. The maximum absolute atomic E-state index is 12.8. The van der Waals surface area contributed by atoms with Crippen molar-refractivity contribution in [2.75, 3.05) is 32.7 Å². The second-order valence-corrected chi connectivity index (χ2v) is 10.8. The molecule has 0 saturated carbocycles. The zero-order valence-electron chi connectivity index (χ0n) is 19.9. The molecule has 1 N–H and O–H groups in total. The smallest absolute Gasteiger partial charge is 0.251 e. The molecule has 180 valence electrons. The molecular formula is C26H37N3O3S. The van der Waals surface area contributed by atoms with Gasteiger partial charge in [0.05, 0.1) is 4.90 Å². The van der Waals surface area contributed by atoms with Gasteiger partial charge in [-0.25, -0.2) is 8.42 Å². The van der Waals surface area contributed by atoms with Crippen molar-refractivity contribution in [2.45, 2.75) is 51.0 Å². The van der Waals surface area contributed by atoms with Gasteiger partial charge in [0.25, 0.3) is 5.91 Å². The fraction of sp³-hybridized carbons (Fsp3) is 0.500. The Labute approximate surface area is 199 Å². The van der Waals surface area contributed by atoms with E-state index in [1.807, 2.05) is 30.3 Å². The number of nitrogens with one attached hydrogen (secondary N) is 1. The van der Waals surface area contributed by atoms with Gasteiger partial charge >= 0.3 is 0 Å². The molecule has 0 unspecified atom stereocenters. The number of unbranched alkanes of at least 4 members (excludes halogenated alkanes) is 1. The van der Waals surface area contributed by atoms with E-state index in [0.29, 0.717) is 42.6 Å². The zero-order valence-corrected chi connectivity index (χ0v) is 20.7. The van der Waals surface area contributed by atoms with Gasteiger partial charge in [0.15, 0.2) is 0 Å². The molecule has 2 aromatic carbocycles. The van der Waals surface area contributed by atoms with Crippen LogP contribution in [-0.2, 0) is 16.6 Å². The summed E-state index contributed by atoms with van der Waals surface area (Å²) < 4.78 is 27.1. The second-order valence-electron chi connectivity index (χ2n) is 8.82. The number of hydrogen-bond acceptors (Lipinski definition) is 4. The molecule has 7 heteroatoms. The fourth-order valence-electron chi connectivity index (χ4n) is 4.17. The molecular weight excluding hydrogens is 434 g/mol. The van der Waals surface area contributed by atoms with E-state index in [4.69, 9.17) is 0 Å². The van der Waals surface area contributed by atoms with E-state index in [1.54, 1.807) is 28.6 Å². The third-order valence-corrected chi connectivity index (χ3v) is 8.34. The average molecular weight is 472 g/mol. The van der Waals surface area contributed by atoms with Crippen molar-refractivity contribution in [1.29, 1.82) is 0 Å². The predicted octanol–water partition coefficient (Wildman–Crippen LogP) is 4.14. The summed E-state index contributed by atoms with van der Waals surface area (Å²) in [6.45, 7) is 8.18. The van der Waals surface area contributed by atoms with Crippen LogP contribution in [0.25, 0.3) is 0 Å². The summed E-state index contributed by atoms with van der Waals surface area (Å²) in [5, 5.41) is 3.08. The van der Waals surface area contributed by atoms with Crippen molar-refractivity contribution in [2.24, 2.45) is 5.92 Å². The molecule has 0 bridgehead atoms. The van der Waals surface area contributed by atoms with E-state index >= 15 is 0 Å². The van der Waals surface area contributed by atoms with Crippen LogP contribution in [0.1, 0.15) is 55.5 Å². The summed E-state index contributed by atoms with van der Waals surface area (Å²) in [7, 11) is -3.43. The topological polar surface area (TPSA) is 69.7 Å². The number of rotatable bonds is 11. The van der Waals surface area contributed by atoms with Gasteiger partial charge in [0.1, 0.15) is 0 Å². The fourth-order valence-corrected chi connectivity index (χ4v) is 5.61. The summed E-state index contributed by atoms with van der Waals surface area (Å²) in [4.78, 5) is 15.1. The largest absolute Gasteiger partial charge is 0.352 e. The molecule has 3 rings (SSSR count). The average Bonchev–Trinajstić information content (AvgIpc) is 2.85. The van der Waals surface area contributed by atoms with Crippen LogP contribution in [-0.4, -0.2) is 56.3 Å². The quantitative estimate of drug-likeness (QED) is 0.535. The molecule has 1 heterocycles. The third-order valence-electron chi connectivity index (χ3n) is 6.43. The van der Waals surface area contributed by atoms with E-state index in [9.17, 15) is 13.2 Å². The molecule has 6 nitrogen and oxygen atoms in total. The normalized spacial score (nSPS) is 16.4. The molecule has 1 aliphatic heterocycles. The minimum atomic E-state index is -3.43. The van der Waals surface area contributed by atoms with Crippen LogP contribution in [0.15, 0.2) is 59.5 Å².